The van der Waals surface area contributed by atoms with Gasteiger partial charge in [-0.25, -0.2) is 0 Å². The highest BCUT2D eigenvalue weighted by Gasteiger charge is 2.42. The van der Waals surface area contributed by atoms with E-state index in [1.807, 2.05) is 0 Å². The van der Waals surface area contributed by atoms with E-state index in [2.05, 4.69) is 5.32 Å². The number of nitrogens with two attached hydrogens (primary N) is 1. The van der Waals surface area contributed by atoms with E-state index in [1.54, 1.807) is 18.2 Å². The topological polar surface area (TPSA) is 55.1 Å². The molecule has 7 heteroatoms. The van der Waals surface area contributed by atoms with Crippen molar-refractivity contribution in [2.24, 2.45) is 11.7 Å². The summed E-state index contributed by atoms with van der Waals surface area (Å²) in [5.74, 6) is -2.10. The van der Waals surface area contributed by atoms with Gasteiger partial charge < -0.3 is 11.1 Å². The van der Waals surface area contributed by atoms with E-state index in [-0.39, 0.29) is 36.5 Å². The summed E-state index contributed by atoms with van der Waals surface area (Å²) in [6.07, 6.45) is 0.246. The first kappa shape index (κ1) is 21.8. The van der Waals surface area contributed by atoms with Crippen molar-refractivity contribution < 1.29 is 18.0 Å². The molecule has 1 aliphatic rings. The third-order valence-corrected chi connectivity index (χ3v) is 4.81. The van der Waals surface area contributed by atoms with E-state index in [1.165, 1.54) is 18.6 Å². The summed E-state index contributed by atoms with van der Waals surface area (Å²) in [6, 6.07) is 7.35. The summed E-state index contributed by atoms with van der Waals surface area (Å²) in [4.78, 5) is 12.2. The molecule has 2 unspecified atom stereocenters. The van der Waals surface area contributed by atoms with Crippen LogP contribution in [0.15, 0.2) is 30.3 Å². The van der Waals surface area contributed by atoms with Crippen LogP contribution in [0.4, 0.5) is 13.2 Å². The van der Waals surface area contributed by atoms with Crippen LogP contribution in [-0.2, 0) is 4.79 Å². The molecule has 0 spiro atoms. The molecule has 0 bridgehead atoms. The Bertz CT molecular complexity index is 519. The number of nitrogens with one attached hydrogen (secondary N) is 1. The average molecular weight is 379 g/mol. The Morgan fingerprint density at radius 1 is 1.16 bits per heavy atom. The second-order valence-electron chi connectivity index (χ2n) is 6.52. The molecule has 2 rings (SSSR count). The van der Waals surface area contributed by atoms with Gasteiger partial charge in [-0.2, -0.15) is 13.2 Å². The fourth-order valence-electron chi connectivity index (χ4n) is 3.46. The normalized spacial score (nSPS) is 18.1. The summed E-state index contributed by atoms with van der Waals surface area (Å²) >= 11 is 0. The standard InChI is InChI=1S/C18H25F3N2O.ClH/c19-18(20,21)15(13-7-3-1-4-8-13)11-17(24)23-16(12-22)14-9-5-2-6-10-14;/h1,3-4,7-8,14-16H,2,5-6,9-12,22H2,(H,23,24);1H. The second-order valence-corrected chi connectivity index (χ2v) is 6.52. The molecule has 0 aromatic heterocycles. The lowest BCUT2D eigenvalue weighted by Gasteiger charge is -2.30. The van der Waals surface area contributed by atoms with Gasteiger partial charge >= 0.3 is 6.18 Å². The molecule has 1 aromatic carbocycles. The largest absolute Gasteiger partial charge is 0.396 e. The highest BCUT2D eigenvalue weighted by atomic mass is 35.5. The quantitative estimate of drug-likeness (QED) is 0.780. The van der Waals surface area contributed by atoms with Gasteiger partial charge in [0.1, 0.15) is 0 Å². The Morgan fingerprint density at radius 2 is 1.76 bits per heavy atom. The van der Waals surface area contributed by atoms with Gasteiger partial charge in [-0.3, -0.25) is 4.79 Å². The van der Waals surface area contributed by atoms with E-state index in [9.17, 15) is 18.0 Å². The highest BCUT2D eigenvalue weighted by molar-refractivity contribution is 5.85. The SMILES string of the molecule is Cl.NCC(NC(=O)CC(c1ccccc1)C(F)(F)F)C1CCCCC1. The lowest BCUT2D eigenvalue weighted by Crippen LogP contribution is -2.46. The zero-order chi connectivity index (χ0) is 17.6. The van der Waals surface area contributed by atoms with Crippen molar-refractivity contribution >= 4 is 18.3 Å². The molecule has 1 fully saturated rings. The van der Waals surface area contributed by atoms with Crippen LogP contribution >= 0.6 is 12.4 Å². The molecule has 2 atom stereocenters. The summed E-state index contributed by atoms with van der Waals surface area (Å²) < 4.78 is 40.0. The van der Waals surface area contributed by atoms with Gasteiger partial charge in [-0.15, -0.1) is 12.4 Å². The monoisotopic (exact) mass is 378 g/mol. The maximum absolute atomic E-state index is 13.3. The maximum atomic E-state index is 13.3. The first-order valence-corrected chi connectivity index (χ1v) is 8.53. The number of carbonyl (C=O) groups excluding carboxylic acids is 1. The third-order valence-electron chi connectivity index (χ3n) is 4.81. The molecule has 1 aromatic rings. The number of alkyl halides is 3. The van der Waals surface area contributed by atoms with Crippen molar-refractivity contribution in [1.82, 2.24) is 5.32 Å². The van der Waals surface area contributed by atoms with E-state index in [0.717, 1.165) is 25.7 Å². The van der Waals surface area contributed by atoms with Crippen LogP contribution in [0.3, 0.4) is 0 Å². The molecule has 1 aliphatic carbocycles. The number of rotatable bonds is 6. The Morgan fingerprint density at radius 3 is 2.28 bits per heavy atom. The molecule has 1 amide bonds. The van der Waals surface area contributed by atoms with Crippen LogP contribution in [0.5, 0.6) is 0 Å². The second kappa shape index (κ2) is 10.0. The molecule has 3 N–H and O–H groups in total. The Balaban J connectivity index is 0.00000312. The smallest absolute Gasteiger partial charge is 0.352 e. The molecule has 142 valence electrons. The maximum Gasteiger partial charge on any atom is 0.396 e. The molecular weight excluding hydrogens is 353 g/mol. The summed E-state index contributed by atoms with van der Waals surface area (Å²) in [5, 5.41) is 2.74. The van der Waals surface area contributed by atoms with Crippen molar-refractivity contribution in [3.05, 3.63) is 35.9 Å². The number of halogens is 4. The van der Waals surface area contributed by atoms with E-state index < -0.39 is 24.4 Å². The number of benzene rings is 1. The van der Waals surface area contributed by atoms with Crippen molar-refractivity contribution in [3.63, 3.8) is 0 Å². The molecule has 0 saturated heterocycles. The first-order chi connectivity index (χ1) is 11.4. The van der Waals surface area contributed by atoms with E-state index >= 15 is 0 Å². The van der Waals surface area contributed by atoms with Gasteiger partial charge in [0.05, 0.1) is 5.92 Å². The fourth-order valence-corrected chi connectivity index (χ4v) is 3.46. The Kier molecular flexibility index (Phi) is 8.73. The van der Waals surface area contributed by atoms with Crippen LogP contribution in [0.25, 0.3) is 0 Å². The van der Waals surface area contributed by atoms with Crippen LogP contribution in [-0.4, -0.2) is 24.7 Å². The minimum atomic E-state index is -4.46. The molecule has 0 heterocycles. The van der Waals surface area contributed by atoms with Crippen LogP contribution < -0.4 is 11.1 Å². The molecule has 3 nitrogen and oxygen atoms in total. The van der Waals surface area contributed by atoms with Crippen LogP contribution in [0.1, 0.15) is 50.0 Å². The number of hydrogen-bond donors (Lipinski definition) is 2. The van der Waals surface area contributed by atoms with E-state index in [0.29, 0.717) is 0 Å². The lowest BCUT2D eigenvalue weighted by atomic mass is 9.83. The zero-order valence-corrected chi connectivity index (χ0v) is 14.9. The van der Waals surface area contributed by atoms with Gasteiger partial charge in [0.15, 0.2) is 0 Å². The van der Waals surface area contributed by atoms with Gasteiger partial charge in [0.25, 0.3) is 0 Å². The summed E-state index contributed by atoms with van der Waals surface area (Å²) in [6.45, 7) is 0.262. The molecule has 0 aliphatic heterocycles. The number of carbonyl (C=O) groups is 1. The summed E-state index contributed by atoms with van der Waals surface area (Å²) in [7, 11) is 0. The predicted octanol–water partition coefficient (Wildman–Crippen LogP) is 4.17. The zero-order valence-electron chi connectivity index (χ0n) is 14.1. The minimum Gasteiger partial charge on any atom is -0.352 e. The van der Waals surface area contributed by atoms with Crippen molar-refractivity contribution in [3.8, 4) is 0 Å². The third kappa shape index (κ3) is 6.51. The van der Waals surface area contributed by atoms with Gasteiger partial charge in [0.2, 0.25) is 5.91 Å². The van der Waals surface area contributed by atoms with Crippen molar-refractivity contribution in [1.29, 1.82) is 0 Å². The fraction of sp³-hybridized carbons (Fsp3) is 0.611. The van der Waals surface area contributed by atoms with Gasteiger partial charge in [-0.1, -0.05) is 49.6 Å². The van der Waals surface area contributed by atoms with Gasteiger partial charge in [-0.05, 0) is 24.3 Å². The van der Waals surface area contributed by atoms with Crippen molar-refractivity contribution in [2.75, 3.05) is 6.54 Å². The Labute approximate surface area is 153 Å². The molecular formula is C18H26ClF3N2O. The van der Waals surface area contributed by atoms with Crippen LogP contribution in [0.2, 0.25) is 0 Å². The average Bonchev–Trinajstić information content (AvgIpc) is 2.58. The molecule has 1 saturated carbocycles. The first-order valence-electron chi connectivity index (χ1n) is 8.53. The minimum absolute atomic E-state index is 0. The molecule has 25 heavy (non-hydrogen) atoms. The van der Waals surface area contributed by atoms with Gasteiger partial charge in [0, 0.05) is 19.0 Å². The van der Waals surface area contributed by atoms with Crippen LogP contribution in [0, 0.1) is 5.92 Å². The van der Waals surface area contributed by atoms with Crippen molar-refractivity contribution in [2.45, 2.75) is 56.7 Å². The lowest BCUT2D eigenvalue weighted by molar-refractivity contribution is -0.157. The summed E-state index contributed by atoms with van der Waals surface area (Å²) in [5.41, 5.74) is 5.86. The highest BCUT2D eigenvalue weighted by Crippen LogP contribution is 2.37. The number of amides is 1. The molecule has 0 radical (unpaired) electrons. The predicted molar refractivity (Wildman–Crippen MR) is 94.7 cm³/mol. The number of hydrogen-bond acceptors (Lipinski definition) is 2. The Hall–Kier alpha value is -1.27. The van der Waals surface area contributed by atoms with E-state index in [4.69, 9.17) is 5.73 Å².